The van der Waals surface area contributed by atoms with Crippen LogP contribution in [0.2, 0.25) is 0 Å². The van der Waals surface area contributed by atoms with Gasteiger partial charge in [0.2, 0.25) is 0 Å². The second kappa shape index (κ2) is 3.84. The van der Waals surface area contributed by atoms with Crippen molar-refractivity contribution in [2.24, 2.45) is 0 Å². The minimum absolute atomic E-state index is 1.14. The first-order chi connectivity index (χ1) is 8.15. The monoisotopic (exact) mass is 229 g/mol. The lowest BCUT2D eigenvalue weighted by molar-refractivity contribution is -0.487. The Morgan fingerprint density at radius 2 is 1.88 bits per heavy atom. The van der Waals surface area contributed by atoms with Crippen LogP contribution in [0.1, 0.15) is 29.5 Å². The minimum atomic E-state index is 1.14. The molecule has 17 heavy (non-hydrogen) atoms. The highest BCUT2D eigenvalue weighted by Crippen LogP contribution is 2.29. The number of aryl methyl sites for hydroxylation is 3. The van der Waals surface area contributed by atoms with Gasteiger partial charge in [0.25, 0.3) is 12.5 Å². The van der Waals surface area contributed by atoms with Crippen molar-refractivity contribution in [3.63, 3.8) is 0 Å². The second-order valence-electron chi connectivity index (χ2n) is 5.09. The maximum absolute atomic E-state index is 3.49. The predicted molar refractivity (Wildman–Crippen MR) is 69.9 cm³/mol. The molecule has 1 N–H and O–H groups in total. The van der Waals surface area contributed by atoms with Crippen molar-refractivity contribution in [2.75, 3.05) is 11.6 Å². The van der Waals surface area contributed by atoms with E-state index in [9.17, 15) is 0 Å². The van der Waals surface area contributed by atoms with E-state index in [1.807, 2.05) is 0 Å². The normalized spacial score (nSPS) is 19.7. The molecule has 0 unspecified atom stereocenters. The Morgan fingerprint density at radius 3 is 2.53 bits per heavy atom. The van der Waals surface area contributed by atoms with Crippen molar-refractivity contribution >= 4 is 12.0 Å². The van der Waals surface area contributed by atoms with E-state index in [0.717, 1.165) is 13.0 Å². The Kier molecular flexibility index (Phi) is 2.44. The smallest absolute Gasteiger partial charge is 0.239 e. The molecule has 1 saturated heterocycles. The number of hydrazine groups is 1. The zero-order valence-electron chi connectivity index (χ0n) is 10.7. The van der Waals surface area contributed by atoms with Crippen LogP contribution in [0, 0.1) is 26.9 Å². The third-order valence-corrected chi connectivity index (χ3v) is 3.54. The lowest BCUT2D eigenvalue weighted by atomic mass is 10.1. The molecule has 2 aliphatic rings. The van der Waals surface area contributed by atoms with Gasteiger partial charge in [0.05, 0.1) is 6.54 Å². The molecule has 3 heteroatoms. The summed E-state index contributed by atoms with van der Waals surface area (Å²) in [5, 5.41) is 2.17. The van der Waals surface area contributed by atoms with Crippen molar-refractivity contribution in [1.82, 2.24) is 5.43 Å². The number of hydrogen-bond donors (Lipinski definition) is 1. The van der Waals surface area contributed by atoms with Crippen LogP contribution < -0.4 is 10.4 Å². The van der Waals surface area contributed by atoms with Crippen molar-refractivity contribution in [3.05, 3.63) is 35.0 Å². The maximum Gasteiger partial charge on any atom is 0.260 e. The fraction of sp³-hybridized carbons (Fsp3) is 0.429. The van der Waals surface area contributed by atoms with Crippen molar-refractivity contribution in [1.29, 1.82) is 0 Å². The first kappa shape index (κ1) is 10.8. The third kappa shape index (κ3) is 1.75. The van der Waals surface area contributed by atoms with Crippen molar-refractivity contribution in [2.45, 2.75) is 33.6 Å². The molecule has 1 fully saturated rings. The Labute approximate surface area is 103 Å². The van der Waals surface area contributed by atoms with Gasteiger partial charge in [-0.05, 0) is 38.3 Å². The van der Waals surface area contributed by atoms with Crippen molar-refractivity contribution in [3.8, 4) is 0 Å². The molecule has 0 atom stereocenters. The van der Waals surface area contributed by atoms with E-state index in [2.05, 4.69) is 54.3 Å². The van der Waals surface area contributed by atoms with Gasteiger partial charge in [0, 0.05) is 6.42 Å². The zero-order valence-corrected chi connectivity index (χ0v) is 10.7. The molecule has 89 valence electrons. The summed E-state index contributed by atoms with van der Waals surface area (Å²) >= 11 is 0. The summed E-state index contributed by atoms with van der Waals surface area (Å²) in [4.78, 5) is 0. The number of anilines is 1. The molecule has 3 rings (SSSR count). The van der Waals surface area contributed by atoms with Gasteiger partial charge in [-0.3, -0.25) is 0 Å². The van der Waals surface area contributed by atoms with Gasteiger partial charge in [0.15, 0.2) is 5.69 Å². The highest BCUT2D eigenvalue weighted by molar-refractivity contribution is 5.80. The standard InChI is InChI=1S/C14H19N3/c1-10-7-11(2)14(12(3)8-10)17-9-16-6-4-5-13(16)15-17/h7-9,15H,4-6H2,1-3H3/q+1. The van der Waals surface area contributed by atoms with Crippen LogP contribution in [0.3, 0.4) is 0 Å². The van der Waals surface area contributed by atoms with Crippen LogP contribution in [0.5, 0.6) is 0 Å². The van der Waals surface area contributed by atoms with Crippen LogP contribution >= 0.6 is 0 Å². The van der Waals surface area contributed by atoms with Crippen LogP contribution in [-0.4, -0.2) is 17.5 Å². The molecule has 2 heterocycles. The summed E-state index contributed by atoms with van der Waals surface area (Å²) in [6.45, 7) is 7.65. The van der Waals surface area contributed by atoms with Gasteiger partial charge in [-0.1, -0.05) is 17.7 Å². The average Bonchev–Trinajstić information content (AvgIpc) is 2.75. The molecule has 0 aliphatic carbocycles. The largest absolute Gasteiger partial charge is 0.260 e. The van der Waals surface area contributed by atoms with Crippen LogP contribution in [0.4, 0.5) is 5.69 Å². The number of nitrogens with one attached hydrogen (secondary N) is 1. The van der Waals surface area contributed by atoms with Gasteiger partial charge in [-0.25, -0.2) is 4.58 Å². The molecular weight excluding hydrogens is 210 g/mol. The summed E-state index contributed by atoms with van der Waals surface area (Å²) in [5.74, 6) is 0. The first-order valence-electron chi connectivity index (χ1n) is 6.26. The molecule has 3 nitrogen and oxygen atoms in total. The average molecular weight is 229 g/mol. The van der Waals surface area contributed by atoms with E-state index in [0.29, 0.717) is 0 Å². The fourth-order valence-electron chi connectivity index (χ4n) is 2.92. The molecule has 0 aromatic heterocycles. The van der Waals surface area contributed by atoms with E-state index in [4.69, 9.17) is 0 Å². The minimum Gasteiger partial charge on any atom is -0.239 e. The molecule has 2 aliphatic heterocycles. The molecule has 0 saturated carbocycles. The van der Waals surface area contributed by atoms with Gasteiger partial charge < -0.3 is 0 Å². The third-order valence-electron chi connectivity index (χ3n) is 3.54. The summed E-state index contributed by atoms with van der Waals surface area (Å²) in [5.41, 5.74) is 8.76. The number of rotatable bonds is 1. The molecule has 0 amide bonds. The van der Waals surface area contributed by atoms with Gasteiger partial charge in [-0.2, -0.15) is 0 Å². The van der Waals surface area contributed by atoms with Crippen LogP contribution in [0.15, 0.2) is 12.1 Å². The molecule has 1 aromatic carbocycles. The Hall–Kier alpha value is -1.35. The number of hydrogen-bond acceptors (Lipinski definition) is 2. The van der Waals surface area contributed by atoms with Gasteiger partial charge in [-0.15, -0.1) is 10.4 Å². The van der Waals surface area contributed by atoms with Gasteiger partial charge >= 0.3 is 0 Å². The lowest BCUT2D eigenvalue weighted by Crippen LogP contribution is -2.34. The first-order valence-corrected chi connectivity index (χ1v) is 6.26. The Morgan fingerprint density at radius 1 is 1.18 bits per heavy atom. The molecule has 1 radical (unpaired) electrons. The molecule has 0 bridgehead atoms. The quantitative estimate of drug-likeness (QED) is 0.745. The van der Waals surface area contributed by atoms with Crippen LogP contribution in [0.25, 0.3) is 0 Å². The summed E-state index contributed by atoms with van der Waals surface area (Å²) in [7, 11) is 0. The van der Waals surface area contributed by atoms with Gasteiger partial charge in [0.1, 0.15) is 0 Å². The zero-order chi connectivity index (χ0) is 12.0. The fourth-order valence-corrected chi connectivity index (χ4v) is 2.92. The number of benzene rings is 1. The Balaban J connectivity index is 1.98. The van der Waals surface area contributed by atoms with E-state index in [-0.39, 0.29) is 0 Å². The van der Waals surface area contributed by atoms with Crippen molar-refractivity contribution < 1.29 is 4.58 Å². The summed E-state index contributed by atoms with van der Waals surface area (Å²) in [6.07, 6.45) is 5.95. The predicted octanol–water partition coefficient (Wildman–Crippen LogP) is 2.26. The summed E-state index contributed by atoms with van der Waals surface area (Å²) < 4.78 is 2.32. The van der Waals surface area contributed by atoms with E-state index < -0.39 is 0 Å². The van der Waals surface area contributed by atoms with E-state index in [1.165, 1.54) is 35.0 Å². The summed E-state index contributed by atoms with van der Waals surface area (Å²) in [6, 6.07) is 4.48. The van der Waals surface area contributed by atoms with E-state index >= 15 is 0 Å². The number of nitrogens with zero attached hydrogens (tertiary/aromatic N) is 2. The maximum atomic E-state index is 3.49. The Bertz CT molecular complexity index is 467. The van der Waals surface area contributed by atoms with E-state index in [1.54, 1.807) is 0 Å². The molecular formula is C14H19N3+. The number of fused-ring (bicyclic) bond motifs is 1. The topological polar surface area (TPSA) is 18.3 Å². The van der Waals surface area contributed by atoms with Crippen LogP contribution in [-0.2, 0) is 0 Å². The molecule has 1 aromatic rings. The lowest BCUT2D eigenvalue weighted by Gasteiger charge is -2.14. The SMILES string of the molecule is Cc1cc(C)c(N2C=[N+]3CCC[C]3N2)c(C)c1. The highest BCUT2D eigenvalue weighted by Gasteiger charge is 2.37. The molecule has 0 spiro atoms. The second-order valence-corrected chi connectivity index (χ2v) is 5.09. The highest BCUT2D eigenvalue weighted by atomic mass is 15.6.